The number of carbonyl (C=O) groups excluding carboxylic acids is 1. The van der Waals surface area contributed by atoms with Crippen molar-refractivity contribution in [3.8, 4) is 11.4 Å². The lowest BCUT2D eigenvalue weighted by Crippen LogP contribution is -2.28. The number of benzene rings is 1. The number of hydrogen-bond acceptors (Lipinski definition) is 5. The van der Waals surface area contributed by atoms with Crippen molar-refractivity contribution in [2.24, 2.45) is 5.73 Å². The Morgan fingerprint density at radius 3 is 3.00 bits per heavy atom. The Kier molecular flexibility index (Phi) is 3.86. The molecule has 0 saturated heterocycles. The highest BCUT2D eigenvalue weighted by atomic mass is 19.1. The number of aryl methyl sites for hydroxylation is 1. The number of amides is 1. The third-order valence-corrected chi connectivity index (χ3v) is 2.47. The fourth-order valence-corrected chi connectivity index (χ4v) is 1.47. The summed E-state index contributed by atoms with van der Waals surface area (Å²) in [5.41, 5.74) is 6.06. The van der Waals surface area contributed by atoms with Gasteiger partial charge < -0.3 is 10.3 Å². The van der Waals surface area contributed by atoms with Crippen LogP contribution in [0.5, 0.6) is 0 Å². The molecule has 0 aliphatic rings. The van der Waals surface area contributed by atoms with Crippen LogP contribution in [0.1, 0.15) is 11.5 Å². The molecule has 1 amide bonds. The topological polar surface area (TPSA) is 94.0 Å². The maximum Gasteiger partial charge on any atom is 0.240 e. The number of halogens is 1. The van der Waals surface area contributed by atoms with Gasteiger partial charge in [0.15, 0.2) is 0 Å². The molecule has 19 heavy (non-hydrogen) atoms. The van der Waals surface area contributed by atoms with E-state index in [1.165, 1.54) is 6.07 Å². The summed E-state index contributed by atoms with van der Waals surface area (Å²) in [6, 6.07) is 4.71. The van der Waals surface area contributed by atoms with Crippen LogP contribution in [0, 0.1) is 12.7 Å². The summed E-state index contributed by atoms with van der Waals surface area (Å²) < 4.78 is 18.4. The SMILES string of the molecule is Cc1ccc(-c2noc(CNCC(N)=O)n2)cc1F. The molecule has 0 unspecified atom stereocenters. The molecule has 0 fully saturated rings. The minimum Gasteiger partial charge on any atom is -0.369 e. The molecular weight excluding hydrogens is 251 g/mol. The summed E-state index contributed by atoms with van der Waals surface area (Å²) in [6.07, 6.45) is 0. The summed E-state index contributed by atoms with van der Waals surface area (Å²) in [7, 11) is 0. The van der Waals surface area contributed by atoms with Gasteiger partial charge in [-0.3, -0.25) is 10.1 Å². The van der Waals surface area contributed by atoms with Gasteiger partial charge in [0.25, 0.3) is 0 Å². The third-order valence-electron chi connectivity index (χ3n) is 2.47. The highest BCUT2D eigenvalue weighted by Gasteiger charge is 2.10. The van der Waals surface area contributed by atoms with Crippen molar-refractivity contribution in [1.82, 2.24) is 15.5 Å². The van der Waals surface area contributed by atoms with E-state index in [4.69, 9.17) is 10.3 Å². The van der Waals surface area contributed by atoms with E-state index in [0.717, 1.165) is 0 Å². The van der Waals surface area contributed by atoms with Crippen molar-refractivity contribution >= 4 is 5.91 Å². The first-order valence-electron chi connectivity index (χ1n) is 5.64. The molecule has 6 nitrogen and oxygen atoms in total. The van der Waals surface area contributed by atoms with E-state index in [1.807, 2.05) is 0 Å². The minimum absolute atomic E-state index is 0.0247. The fraction of sp³-hybridized carbons (Fsp3) is 0.250. The lowest BCUT2D eigenvalue weighted by Gasteiger charge is -1.98. The van der Waals surface area contributed by atoms with Gasteiger partial charge >= 0.3 is 0 Å². The predicted molar refractivity (Wildman–Crippen MR) is 65.3 cm³/mol. The van der Waals surface area contributed by atoms with Crippen LogP contribution >= 0.6 is 0 Å². The molecule has 0 atom stereocenters. The Morgan fingerprint density at radius 1 is 1.53 bits per heavy atom. The van der Waals surface area contributed by atoms with E-state index < -0.39 is 5.91 Å². The maximum absolute atomic E-state index is 13.4. The highest BCUT2D eigenvalue weighted by Crippen LogP contribution is 2.18. The molecule has 2 rings (SSSR count). The molecule has 0 spiro atoms. The van der Waals surface area contributed by atoms with Gasteiger partial charge in [-0.25, -0.2) is 4.39 Å². The Morgan fingerprint density at radius 2 is 2.32 bits per heavy atom. The van der Waals surface area contributed by atoms with Gasteiger partial charge in [-0.2, -0.15) is 4.98 Å². The molecule has 0 aliphatic carbocycles. The van der Waals surface area contributed by atoms with Crippen molar-refractivity contribution in [3.05, 3.63) is 35.5 Å². The molecule has 7 heteroatoms. The number of carbonyl (C=O) groups is 1. The number of nitrogens with two attached hydrogens (primary N) is 1. The highest BCUT2D eigenvalue weighted by molar-refractivity contribution is 5.75. The van der Waals surface area contributed by atoms with Gasteiger partial charge in [-0.1, -0.05) is 17.3 Å². The van der Waals surface area contributed by atoms with E-state index >= 15 is 0 Å². The standard InChI is InChI=1S/C12H13FN4O2/c1-7-2-3-8(4-9(7)13)12-16-11(19-17-12)6-15-5-10(14)18/h2-4,15H,5-6H2,1H3,(H2,14,18). The van der Waals surface area contributed by atoms with Crippen LogP contribution in [0.3, 0.4) is 0 Å². The van der Waals surface area contributed by atoms with Crippen molar-refractivity contribution in [1.29, 1.82) is 0 Å². The Bertz CT molecular complexity index is 597. The zero-order valence-electron chi connectivity index (χ0n) is 10.3. The van der Waals surface area contributed by atoms with Crippen molar-refractivity contribution in [2.75, 3.05) is 6.54 Å². The Labute approximate surface area is 108 Å². The number of nitrogens with one attached hydrogen (secondary N) is 1. The Balaban J connectivity index is 2.07. The van der Waals surface area contributed by atoms with Gasteiger partial charge in [0.2, 0.25) is 17.6 Å². The van der Waals surface area contributed by atoms with E-state index in [0.29, 0.717) is 22.8 Å². The number of nitrogens with zero attached hydrogens (tertiary/aromatic N) is 2. The monoisotopic (exact) mass is 264 g/mol. The molecular formula is C12H13FN4O2. The normalized spacial score (nSPS) is 10.6. The molecule has 0 saturated carbocycles. The van der Waals surface area contributed by atoms with Crippen LogP contribution in [0.2, 0.25) is 0 Å². The lowest BCUT2D eigenvalue weighted by molar-refractivity contribution is -0.117. The zero-order chi connectivity index (χ0) is 13.8. The second-order valence-electron chi connectivity index (χ2n) is 4.05. The van der Waals surface area contributed by atoms with Crippen LogP contribution in [0.25, 0.3) is 11.4 Å². The first-order chi connectivity index (χ1) is 9.06. The second kappa shape index (κ2) is 5.57. The van der Waals surface area contributed by atoms with E-state index in [2.05, 4.69) is 15.5 Å². The van der Waals surface area contributed by atoms with E-state index in [9.17, 15) is 9.18 Å². The number of primary amides is 1. The van der Waals surface area contributed by atoms with Crippen LogP contribution < -0.4 is 11.1 Å². The quantitative estimate of drug-likeness (QED) is 0.831. The van der Waals surface area contributed by atoms with Crippen molar-refractivity contribution < 1.29 is 13.7 Å². The molecule has 0 bridgehead atoms. The molecule has 1 aromatic heterocycles. The number of aromatic nitrogens is 2. The van der Waals surface area contributed by atoms with Gasteiger partial charge in [0, 0.05) is 5.56 Å². The molecule has 100 valence electrons. The average Bonchev–Trinajstić information content (AvgIpc) is 2.81. The summed E-state index contributed by atoms with van der Waals surface area (Å²) in [4.78, 5) is 14.6. The fourth-order valence-electron chi connectivity index (χ4n) is 1.47. The van der Waals surface area contributed by atoms with Crippen LogP contribution in [0.4, 0.5) is 4.39 Å². The molecule has 1 aromatic carbocycles. The molecule has 0 aliphatic heterocycles. The van der Waals surface area contributed by atoms with Crippen molar-refractivity contribution in [2.45, 2.75) is 13.5 Å². The van der Waals surface area contributed by atoms with Gasteiger partial charge in [0.05, 0.1) is 13.1 Å². The number of rotatable bonds is 5. The second-order valence-corrected chi connectivity index (χ2v) is 4.05. The van der Waals surface area contributed by atoms with Gasteiger partial charge in [0.1, 0.15) is 5.82 Å². The first-order valence-corrected chi connectivity index (χ1v) is 5.64. The minimum atomic E-state index is -0.472. The van der Waals surface area contributed by atoms with Gasteiger partial charge in [-0.05, 0) is 18.6 Å². The summed E-state index contributed by atoms with van der Waals surface area (Å²) in [5, 5.41) is 6.49. The van der Waals surface area contributed by atoms with Crippen molar-refractivity contribution in [3.63, 3.8) is 0 Å². The van der Waals surface area contributed by atoms with E-state index in [1.54, 1.807) is 19.1 Å². The predicted octanol–water partition coefficient (Wildman–Crippen LogP) is 0.759. The van der Waals surface area contributed by atoms with E-state index in [-0.39, 0.29) is 18.9 Å². The summed E-state index contributed by atoms with van der Waals surface area (Å²) in [6.45, 7) is 1.93. The molecule has 1 heterocycles. The smallest absolute Gasteiger partial charge is 0.240 e. The van der Waals surface area contributed by atoms with Crippen LogP contribution in [-0.4, -0.2) is 22.6 Å². The maximum atomic E-state index is 13.4. The zero-order valence-corrected chi connectivity index (χ0v) is 10.3. The summed E-state index contributed by atoms with van der Waals surface area (Å²) >= 11 is 0. The lowest BCUT2D eigenvalue weighted by atomic mass is 10.1. The Hall–Kier alpha value is -2.28. The van der Waals surface area contributed by atoms with Crippen LogP contribution in [-0.2, 0) is 11.3 Å². The molecule has 0 radical (unpaired) electrons. The van der Waals surface area contributed by atoms with Crippen LogP contribution in [0.15, 0.2) is 22.7 Å². The third kappa shape index (κ3) is 3.35. The molecule has 3 N–H and O–H groups in total. The first kappa shape index (κ1) is 13.2. The summed E-state index contributed by atoms with van der Waals surface area (Å²) in [5.74, 6) is -0.192. The molecule has 2 aromatic rings. The number of hydrogen-bond donors (Lipinski definition) is 2. The largest absolute Gasteiger partial charge is 0.369 e. The van der Waals surface area contributed by atoms with Gasteiger partial charge in [-0.15, -0.1) is 0 Å². The average molecular weight is 264 g/mol.